The molecule has 0 aliphatic heterocycles. The van der Waals surface area contributed by atoms with Crippen molar-refractivity contribution in [1.82, 2.24) is 0 Å². The number of hydrogen-bond acceptors (Lipinski definition) is 12. The zero-order valence-corrected chi connectivity index (χ0v) is 40.1. The van der Waals surface area contributed by atoms with E-state index >= 15 is 0 Å². The third-order valence-electron chi connectivity index (χ3n) is 11.6. The van der Waals surface area contributed by atoms with Crippen molar-refractivity contribution in [2.24, 2.45) is 5.41 Å². The number of nitrogen functional groups attached to an aromatic ring is 2. The number of anilines is 2. The second-order valence-electron chi connectivity index (χ2n) is 17.6. The van der Waals surface area contributed by atoms with Gasteiger partial charge in [-0.05, 0) is 157 Å². The number of aliphatic hydroxyl groups is 2. The van der Waals surface area contributed by atoms with Gasteiger partial charge in [-0.3, -0.25) is 9.59 Å². The van der Waals surface area contributed by atoms with E-state index in [1.807, 2.05) is 0 Å². The first-order chi connectivity index (χ1) is 35.5. The summed E-state index contributed by atoms with van der Waals surface area (Å²) in [7, 11) is 0. The molecule has 392 valence electrons. The first kappa shape index (κ1) is 56.1. The first-order valence-electron chi connectivity index (χ1n) is 23.4. The molecule has 6 N–H and O–H groups in total. The lowest BCUT2D eigenvalue weighted by Crippen LogP contribution is -2.57. The number of benzene rings is 6. The van der Waals surface area contributed by atoms with E-state index in [2.05, 4.69) is 0 Å². The summed E-state index contributed by atoms with van der Waals surface area (Å²) in [5, 5.41) is 24.4. The Labute approximate surface area is 427 Å². The highest BCUT2D eigenvalue weighted by Gasteiger charge is 2.54. The monoisotopic (exact) mass is 1040 g/mol. The standard InChI is InChI=1S/C57H52F6N2O10/c58-55(59,60)31-1-33-72-47-26-13-42(14-27-47)52(68)74-49-22-8-38(9-23-49)7-21-46(66)37-54(35-40-3-17-44(64)18-4-40,36-41-5-19-45(65)20-6-41)57(70,71)51(67)30-12-39-10-24-50(25-11-39)75-53(69)43-15-28-48(29-16-43)73-34-2-32-56(61,62)63/h3-30,70-71H,1-2,31-37,64-65H2/b21-7+,30-12+. The molecule has 0 radical (unpaired) electrons. The number of alkyl halides is 6. The highest BCUT2D eigenvalue weighted by atomic mass is 19.4. The number of hydrogen-bond donors (Lipinski definition) is 4. The fourth-order valence-corrected chi connectivity index (χ4v) is 7.67. The zero-order chi connectivity index (χ0) is 54.2. The lowest BCUT2D eigenvalue weighted by atomic mass is 9.65. The van der Waals surface area contributed by atoms with E-state index in [0.717, 1.165) is 6.08 Å². The van der Waals surface area contributed by atoms with Gasteiger partial charge in [0.2, 0.25) is 11.6 Å². The van der Waals surface area contributed by atoms with Crippen LogP contribution >= 0.6 is 0 Å². The predicted molar refractivity (Wildman–Crippen MR) is 269 cm³/mol. The molecular weight excluding hydrogens is 987 g/mol. The summed E-state index contributed by atoms with van der Waals surface area (Å²) in [6, 6.07) is 36.4. The molecule has 75 heavy (non-hydrogen) atoms. The average molecular weight is 1040 g/mol. The topological polar surface area (TPSA) is 198 Å². The number of carbonyl (C=O) groups is 4. The van der Waals surface area contributed by atoms with Gasteiger partial charge in [-0.15, -0.1) is 0 Å². The largest absolute Gasteiger partial charge is 0.494 e. The number of nitrogens with two attached hydrogens (primary N) is 2. The van der Waals surface area contributed by atoms with Crippen molar-refractivity contribution in [2.75, 3.05) is 24.7 Å². The Morgan fingerprint density at radius 1 is 0.480 bits per heavy atom. The molecule has 0 fully saturated rings. The molecule has 18 heteroatoms. The molecule has 0 atom stereocenters. The second kappa shape index (κ2) is 25.1. The number of ether oxygens (including phenoxy) is 4. The van der Waals surface area contributed by atoms with Gasteiger partial charge >= 0.3 is 24.3 Å². The second-order valence-corrected chi connectivity index (χ2v) is 17.6. The third-order valence-corrected chi connectivity index (χ3v) is 11.6. The number of allylic oxidation sites excluding steroid dienone is 1. The predicted octanol–water partition coefficient (Wildman–Crippen LogP) is 11.1. The van der Waals surface area contributed by atoms with Crippen LogP contribution in [0.25, 0.3) is 12.2 Å². The molecule has 6 aromatic carbocycles. The lowest BCUT2D eigenvalue weighted by Gasteiger charge is -2.42. The van der Waals surface area contributed by atoms with Gasteiger partial charge in [-0.2, -0.15) is 26.3 Å². The third kappa shape index (κ3) is 17.5. The molecule has 0 spiro atoms. The first-order valence-corrected chi connectivity index (χ1v) is 23.4. The van der Waals surface area contributed by atoms with E-state index < -0.39 is 66.3 Å². The van der Waals surface area contributed by atoms with Crippen LogP contribution in [0.5, 0.6) is 23.0 Å². The molecule has 0 saturated carbocycles. The molecule has 12 nitrogen and oxygen atoms in total. The molecule has 0 heterocycles. The van der Waals surface area contributed by atoms with E-state index in [0.29, 0.717) is 33.6 Å². The van der Waals surface area contributed by atoms with Crippen molar-refractivity contribution in [2.45, 2.75) is 63.1 Å². The van der Waals surface area contributed by atoms with Gasteiger partial charge in [-0.25, -0.2) is 9.59 Å². The SMILES string of the molecule is Nc1ccc(CC(CC(=O)/C=C/c2ccc(OC(=O)c3ccc(OCCCC(F)(F)F)cc3)cc2)(Cc2ccc(N)cc2)C(O)(O)C(=O)/C=C/c2ccc(OC(=O)c3ccc(OCCCC(F)(F)F)cc3)cc2)cc1. The number of carbonyl (C=O) groups excluding carboxylic acids is 4. The fourth-order valence-electron chi connectivity index (χ4n) is 7.67. The summed E-state index contributed by atoms with van der Waals surface area (Å²) in [5.41, 5.74) is 13.1. The maximum Gasteiger partial charge on any atom is 0.389 e. The summed E-state index contributed by atoms with van der Waals surface area (Å²) in [6.45, 7) is -0.313. The van der Waals surface area contributed by atoms with Crippen molar-refractivity contribution in [1.29, 1.82) is 0 Å². The number of halogens is 6. The van der Waals surface area contributed by atoms with E-state index in [9.17, 15) is 55.7 Å². The van der Waals surface area contributed by atoms with E-state index in [1.54, 1.807) is 60.7 Å². The lowest BCUT2D eigenvalue weighted by molar-refractivity contribution is -0.230. The summed E-state index contributed by atoms with van der Waals surface area (Å²) in [4.78, 5) is 53.9. The van der Waals surface area contributed by atoms with Crippen molar-refractivity contribution < 1.29 is 74.7 Å². The zero-order valence-electron chi connectivity index (χ0n) is 40.1. The van der Waals surface area contributed by atoms with Crippen LogP contribution in [0.2, 0.25) is 0 Å². The van der Waals surface area contributed by atoms with Crippen LogP contribution in [0.15, 0.2) is 158 Å². The molecular formula is C57H52F6N2O10. The van der Waals surface area contributed by atoms with Crippen LogP contribution in [0.3, 0.4) is 0 Å². The molecule has 6 aromatic rings. The van der Waals surface area contributed by atoms with Crippen LogP contribution in [0, 0.1) is 5.41 Å². The Morgan fingerprint density at radius 3 is 1.21 bits per heavy atom. The Bertz CT molecular complexity index is 2870. The smallest absolute Gasteiger partial charge is 0.389 e. The summed E-state index contributed by atoms with van der Waals surface area (Å²) >= 11 is 0. The van der Waals surface area contributed by atoms with E-state index in [1.165, 1.54) is 103 Å². The van der Waals surface area contributed by atoms with Gasteiger partial charge in [0.05, 0.1) is 24.3 Å². The van der Waals surface area contributed by atoms with Crippen LogP contribution in [-0.4, -0.2) is 65.1 Å². The molecule has 0 aliphatic carbocycles. The van der Waals surface area contributed by atoms with Gasteiger partial charge in [0, 0.05) is 36.1 Å². The Hall–Kier alpha value is -8.22. The summed E-state index contributed by atoms with van der Waals surface area (Å²) in [5.74, 6) is -5.52. The van der Waals surface area contributed by atoms with Gasteiger partial charge in [-0.1, -0.05) is 60.7 Å². The van der Waals surface area contributed by atoms with Crippen LogP contribution in [0.4, 0.5) is 37.7 Å². The van der Waals surface area contributed by atoms with E-state index in [-0.39, 0.29) is 73.0 Å². The summed E-state index contributed by atoms with van der Waals surface area (Å²) in [6.07, 6.45) is -6.93. The minimum absolute atomic E-state index is 0.129. The minimum Gasteiger partial charge on any atom is -0.494 e. The Morgan fingerprint density at radius 2 is 0.840 bits per heavy atom. The summed E-state index contributed by atoms with van der Waals surface area (Å²) < 4.78 is 96.1. The van der Waals surface area contributed by atoms with Crippen LogP contribution < -0.4 is 30.4 Å². The average Bonchev–Trinajstić information content (AvgIpc) is 3.37. The van der Waals surface area contributed by atoms with Gasteiger partial charge in [0.15, 0.2) is 5.78 Å². The number of rotatable bonds is 24. The Balaban J connectivity index is 1.15. The minimum atomic E-state index is -4.29. The van der Waals surface area contributed by atoms with Crippen molar-refractivity contribution in [3.8, 4) is 23.0 Å². The molecule has 0 unspecified atom stereocenters. The molecule has 0 saturated heterocycles. The maximum atomic E-state index is 14.2. The molecule has 0 amide bonds. The van der Waals surface area contributed by atoms with E-state index in [4.69, 9.17) is 30.4 Å². The molecule has 0 aliphatic rings. The molecule has 6 rings (SSSR count). The normalized spacial score (nSPS) is 12.2. The Kier molecular flexibility index (Phi) is 18.8. The molecule has 0 aromatic heterocycles. The van der Waals surface area contributed by atoms with Crippen LogP contribution in [-0.2, 0) is 22.4 Å². The highest BCUT2D eigenvalue weighted by Crippen LogP contribution is 2.43. The molecule has 0 bridgehead atoms. The quantitative estimate of drug-likeness (QED) is 0.00852. The number of esters is 2. The van der Waals surface area contributed by atoms with Crippen molar-refractivity contribution in [3.05, 3.63) is 191 Å². The van der Waals surface area contributed by atoms with Gasteiger partial charge in [0.25, 0.3) is 0 Å². The van der Waals surface area contributed by atoms with Crippen LogP contribution in [0.1, 0.15) is 75.1 Å². The fraction of sp³-hybridized carbons (Fsp3) is 0.228. The highest BCUT2D eigenvalue weighted by molar-refractivity contribution is 6.01. The van der Waals surface area contributed by atoms with Crippen molar-refractivity contribution in [3.63, 3.8) is 0 Å². The van der Waals surface area contributed by atoms with Gasteiger partial charge in [0.1, 0.15) is 23.0 Å². The number of ketones is 2. The van der Waals surface area contributed by atoms with Crippen molar-refractivity contribution >= 4 is 47.0 Å². The maximum absolute atomic E-state index is 14.2. The van der Waals surface area contributed by atoms with Gasteiger partial charge < -0.3 is 40.6 Å².